The minimum atomic E-state index is -0.0984. The summed E-state index contributed by atoms with van der Waals surface area (Å²) >= 11 is 7.56. The summed E-state index contributed by atoms with van der Waals surface area (Å²) in [5, 5.41) is 0.266. The van der Waals surface area contributed by atoms with E-state index in [-0.39, 0.29) is 10.7 Å². The van der Waals surface area contributed by atoms with Crippen LogP contribution in [0, 0.1) is 3.57 Å². The molecule has 1 heterocycles. The van der Waals surface area contributed by atoms with Crippen molar-refractivity contribution < 1.29 is 0 Å². The van der Waals surface area contributed by atoms with E-state index in [1.807, 2.05) is 41.7 Å². The summed E-state index contributed by atoms with van der Waals surface area (Å²) < 4.78 is 1.97. The van der Waals surface area contributed by atoms with Crippen LogP contribution in [-0.4, -0.2) is 9.55 Å². The van der Waals surface area contributed by atoms with Crippen LogP contribution in [0.2, 0.25) is 5.15 Å². The molecule has 0 atom stereocenters. The standard InChI is InChI=1S/C8H8ClIN2O/c1-2-3-4-12-5-11-7(9)6(10)8(12)13/h2-3,5H,4H2,1H3/b3-2+. The fourth-order valence-corrected chi connectivity index (χ4v) is 1.37. The van der Waals surface area contributed by atoms with Crippen molar-refractivity contribution >= 4 is 34.2 Å². The fraction of sp³-hybridized carbons (Fsp3) is 0.250. The molecule has 0 N–H and O–H groups in total. The van der Waals surface area contributed by atoms with Gasteiger partial charge >= 0.3 is 0 Å². The van der Waals surface area contributed by atoms with Crippen molar-refractivity contribution in [2.24, 2.45) is 0 Å². The zero-order valence-electron chi connectivity index (χ0n) is 7.00. The second-order valence-corrected chi connectivity index (χ2v) is 3.81. The van der Waals surface area contributed by atoms with Crippen LogP contribution in [0.1, 0.15) is 6.92 Å². The first-order chi connectivity index (χ1) is 6.16. The van der Waals surface area contributed by atoms with Gasteiger partial charge in [0.05, 0.1) is 6.33 Å². The average molecular weight is 311 g/mol. The summed E-state index contributed by atoms with van der Waals surface area (Å²) in [6, 6.07) is 0. The molecular weight excluding hydrogens is 302 g/mol. The van der Waals surface area contributed by atoms with Gasteiger partial charge in [0.2, 0.25) is 0 Å². The van der Waals surface area contributed by atoms with Crippen molar-refractivity contribution in [1.82, 2.24) is 9.55 Å². The lowest BCUT2D eigenvalue weighted by Crippen LogP contribution is -2.22. The molecule has 0 unspecified atom stereocenters. The smallest absolute Gasteiger partial charge is 0.268 e. The summed E-state index contributed by atoms with van der Waals surface area (Å²) in [6.07, 6.45) is 5.22. The molecule has 70 valence electrons. The van der Waals surface area contributed by atoms with Gasteiger partial charge in [-0.1, -0.05) is 23.8 Å². The van der Waals surface area contributed by atoms with E-state index in [9.17, 15) is 4.79 Å². The van der Waals surface area contributed by atoms with Gasteiger partial charge in [-0.05, 0) is 29.5 Å². The Bertz CT molecular complexity index is 386. The van der Waals surface area contributed by atoms with Gasteiger partial charge in [-0.3, -0.25) is 9.36 Å². The molecule has 1 aromatic rings. The molecule has 0 fully saturated rings. The van der Waals surface area contributed by atoms with E-state index in [1.165, 1.54) is 10.9 Å². The van der Waals surface area contributed by atoms with E-state index < -0.39 is 0 Å². The van der Waals surface area contributed by atoms with Gasteiger partial charge in [0.15, 0.2) is 0 Å². The van der Waals surface area contributed by atoms with Crippen molar-refractivity contribution in [2.75, 3.05) is 0 Å². The van der Waals surface area contributed by atoms with E-state index >= 15 is 0 Å². The molecule has 0 spiro atoms. The molecule has 1 aromatic heterocycles. The van der Waals surface area contributed by atoms with Gasteiger partial charge in [-0.2, -0.15) is 0 Å². The number of aromatic nitrogens is 2. The maximum atomic E-state index is 11.5. The maximum absolute atomic E-state index is 11.5. The molecule has 0 aromatic carbocycles. The van der Waals surface area contributed by atoms with Gasteiger partial charge in [-0.25, -0.2) is 4.98 Å². The number of hydrogen-bond acceptors (Lipinski definition) is 2. The third-order valence-electron chi connectivity index (χ3n) is 1.48. The first-order valence-corrected chi connectivity index (χ1v) is 5.14. The molecule has 0 aliphatic rings. The molecule has 0 saturated heterocycles. The topological polar surface area (TPSA) is 34.9 Å². The summed E-state index contributed by atoms with van der Waals surface area (Å²) in [6.45, 7) is 2.44. The van der Waals surface area contributed by atoms with Crippen LogP contribution >= 0.6 is 34.2 Å². The molecule has 13 heavy (non-hydrogen) atoms. The van der Waals surface area contributed by atoms with Crippen LogP contribution in [0.5, 0.6) is 0 Å². The SMILES string of the molecule is C/C=C/Cn1cnc(Cl)c(I)c1=O. The van der Waals surface area contributed by atoms with Crippen LogP contribution in [0.15, 0.2) is 23.3 Å². The highest BCUT2D eigenvalue weighted by molar-refractivity contribution is 14.1. The predicted octanol–water partition coefficient (Wildman–Crippen LogP) is 2.08. The van der Waals surface area contributed by atoms with Crippen molar-refractivity contribution in [3.05, 3.63) is 37.6 Å². The number of halogens is 2. The second kappa shape index (κ2) is 4.76. The fourth-order valence-electron chi connectivity index (χ4n) is 0.793. The Balaban J connectivity index is 3.11. The van der Waals surface area contributed by atoms with Gasteiger partial charge < -0.3 is 0 Å². The van der Waals surface area contributed by atoms with Gasteiger partial charge in [0, 0.05) is 6.54 Å². The molecule has 5 heteroatoms. The molecule has 0 aliphatic heterocycles. The predicted molar refractivity (Wildman–Crippen MR) is 61.0 cm³/mol. The average Bonchev–Trinajstić information content (AvgIpc) is 2.13. The summed E-state index contributed by atoms with van der Waals surface area (Å²) in [4.78, 5) is 15.4. The zero-order chi connectivity index (χ0) is 9.84. The van der Waals surface area contributed by atoms with Crippen molar-refractivity contribution in [3.8, 4) is 0 Å². The molecule has 1 rings (SSSR count). The largest absolute Gasteiger partial charge is 0.294 e. The van der Waals surface area contributed by atoms with Crippen LogP contribution in [0.4, 0.5) is 0 Å². The number of hydrogen-bond donors (Lipinski definition) is 0. The highest BCUT2D eigenvalue weighted by Gasteiger charge is 2.04. The number of rotatable bonds is 2. The Morgan fingerprint density at radius 3 is 3.08 bits per heavy atom. The van der Waals surface area contributed by atoms with Crippen LogP contribution < -0.4 is 5.56 Å². The van der Waals surface area contributed by atoms with Crippen molar-refractivity contribution in [1.29, 1.82) is 0 Å². The molecule has 0 radical (unpaired) electrons. The van der Waals surface area contributed by atoms with E-state index in [2.05, 4.69) is 4.98 Å². The minimum absolute atomic E-state index is 0.0984. The lowest BCUT2D eigenvalue weighted by molar-refractivity contribution is 0.746. The first kappa shape index (κ1) is 10.7. The molecule has 0 saturated carbocycles. The number of allylic oxidation sites excluding steroid dienone is 2. The lowest BCUT2D eigenvalue weighted by atomic mass is 10.5. The molecule has 0 bridgehead atoms. The molecule has 3 nitrogen and oxygen atoms in total. The van der Waals surface area contributed by atoms with Crippen LogP contribution in [0.25, 0.3) is 0 Å². The van der Waals surface area contributed by atoms with E-state index in [1.54, 1.807) is 0 Å². The zero-order valence-corrected chi connectivity index (χ0v) is 9.91. The molecular formula is C8H8ClIN2O. The van der Waals surface area contributed by atoms with Gasteiger partial charge in [-0.15, -0.1) is 0 Å². The van der Waals surface area contributed by atoms with E-state index in [0.717, 1.165) is 0 Å². The molecule has 0 amide bonds. The van der Waals surface area contributed by atoms with Crippen LogP contribution in [-0.2, 0) is 6.54 Å². The third-order valence-corrected chi connectivity index (χ3v) is 3.06. The third kappa shape index (κ3) is 2.54. The maximum Gasteiger partial charge on any atom is 0.268 e. The minimum Gasteiger partial charge on any atom is -0.294 e. The van der Waals surface area contributed by atoms with Crippen molar-refractivity contribution in [3.63, 3.8) is 0 Å². The Morgan fingerprint density at radius 1 is 1.77 bits per heavy atom. The monoisotopic (exact) mass is 310 g/mol. The Kier molecular flexibility index (Phi) is 3.92. The van der Waals surface area contributed by atoms with E-state index in [4.69, 9.17) is 11.6 Å². The van der Waals surface area contributed by atoms with Gasteiger partial charge in [0.1, 0.15) is 8.72 Å². The Hall–Kier alpha value is -0.360. The summed E-state index contributed by atoms with van der Waals surface area (Å²) in [5.41, 5.74) is -0.0984. The van der Waals surface area contributed by atoms with Crippen LogP contribution in [0.3, 0.4) is 0 Å². The number of nitrogens with zero attached hydrogens (tertiary/aromatic N) is 2. The normalized spacial score (nSPS) is 11.0. The quantitative estimate of drug-likeness (QED) is 0.476. The van der Waals surface area contributed by atoms with E-state index in [0.29, 0.717) is 10.1 Å². The first-order valence-electron chi connectivity index (χ1n) is 3.68. The highest BCUT2D eigenvalue weighted by Crippen LogP contribution is 2.09. The summed E-state index contributed by atoms with van der Waals surface area (Å²) in [5.74, 6) is 0. The lowest BCUT2D eigenvalue weighted by Gasteiger charge is -2.01. The highest BCUT2D eigenvalue weighted by atomic mass is 127. The second-order valence-electron chi connectivity index (χ2n) is 2.38. The summed E-state index contributed by atoms with van der Waals surface area (Å²) in [7, 11) is 0. The Morgan fingerprint density at radius 2 is 2.46 bits per heavy atom. The molecule has 0 aliphatic carbocycles. The van der Waals surface area contributed by atoms with Gasteiger partial charge in [0.25, 0.3) is 5.56 Å². The Labute approximate surface area is 94.6 Å². The van der Waals surface area contributed by atoms with Crippen molar-refractivity contribution in [2.45, 2.75) is 13.5 Å².